The molecule has 0 atom stereocenters. The van der Waals surface area contributed by atoms with Gasteiger partial charge in [0.05, 0.1) is 23.8 Å². The van der Waals surface area contributed by atoms with E-state index in [-0.39, 0.29) is 17.5 Å². The van der Waals surface area contributed by atoms with Crippen molar-refractivity contribution in [2.45, 2.75) is 18.9 Å². The molecule has 2 N–H and O–H groups in total. The fourth-order valence-corrected chi connectivity index (χ4v) is 2.23. The van der Waals surface area contributed by atoms with E-state index in [1.165, 1.54) is 31.6 Å². The third kappa shape index (κ3) is 4.20. The van der Waals surface area contributed by atoms with Gasteiger partial charge < -0.3 is 15.4 Å². The first-order valence-corrected chi connectivity index (χ1v) is 7.82. The van der Waals surface area contributed by atoms with Crippen LogP contribution in [0.3, 0.4) is 0 Å². The van der Waals surface area contributed by atoms with Crippen LogP contribution < -0.4 is 10.6 Å². The summed E-state index contributed by atoms with van der Waals surface area (Å²) in [6.07, 6.45) is 4.77. The Morgan fingerprint density at radius 3 is 2.44 bits per heavy atom. The molecule has 1 fully saturated rings. The van der Waals surface area contributed by atoms with E-state index in [0.717, 1.165) is 12.8 Å². The van der Waals surface area contributed by atoms with E-state index < -0.39 is 11.9 Å². The molecule has 2 aromatic rings. The van der Waals surface area contributed by atoms with Crippen molar-refractivity contribution < 1.29 is 19.1 Å². The summed E-state index contributed by atoms with van der Waals surface area (Å²) in [7, 11) is 1.29. The van der Waals surface area contributed by atoms with Gasteiger partial charge in [0.25, 0.3) is 11.8 Å². The second-order valence-electron chi connectivity index (χ2n) is 5.74. The minimum absolute atomic E-state index is 0.228. The van der Waals surface area contributed by atoms with Gasteiger partial charge in [0.1, 0.15) is 0 Å². The third-order valence-corrected chi connectivity index (χ3v) is 3.72. The van der Waals surface area contributed by atoms with E-state index in [1.807, 2.05) is 0 Å². The van der Waals surface area contributed by atoms with Crippen LogP contribution >= 0.6 is 0 Å². The average molecular weight is 339 g/mol. The van der Waals surface area contributed by atoms with Gasteiger partial charge in [-0.15, -0.1) is 0 Å². The molecule has 25 heavy (non-hydrogen) atoms. The van der Waals surface area contributed by atoms with E-state index in [2.05, 4.69) is 20.4 Å². The number of benzene rings is 1. The predicted molar refractivity (Wildman–Crippen MR) is 90.5 cm³/mol. The molecule has 7 heteroatoms. The SMILES string of the molecule is COC(=O)c1cccc(NC(=O)c2cncc(C(=O)NC3CC3)c2)c1. The summed E-state index contributed by atoms with van der Waals surface area (Å²) in [5.74, 6) is -1.15. The third-order valence-electron chi connectivity index (χ3n) is 3.72. The summed E-state index contributed by atoms with van der Waals surface area (Å²) in [6.45, 7) is 0. The van der Waals surface area contributed by atoms with Gasteiger partial charge in [0.15, 0.2) is 0 Å². The Balaban J connectivity index is 1.72. The molecule has 0 spiro atoms. The number of pyridine rings is 1. The van der Waals surface area contributed by atoms with Crippen molar-refractivity contribution in [3.8, 4) is 0 Å². The number of hydrogen-bond donors (Lipinski definition) is 2. The lowest BCUT2D eigenvalue weighted by atomic mass is 10.1. The van der Waals surface area contributed by atoms with Gasteiger partial charge in [0, 0.05) is 24.1 Å². The first-order chi connectivity index (χ1) is 12.1. The summed E-state index contributed by atoms with van der Waals surface area (Å²) in [4.78, 5) is 39.9. The first kappa shape index (κ1) is 16.6. The molecule has 1 aliphatic rings. The number of carbonyl (C=O) groups excluding carboxylic acids is 3. The minimum Gasteiger partial charge on any atom is -0.465 e. The molecule has 0 saturated heterocycles. The lowest BCUT2D eigenvalue weighted by Crippen LogP contribution is -2.26. The predicted octanol–water partition coefficient (Wildman–Crippen LogP) is 2.01. The second-order valence-corrected chi connectivity index (χ2v) is 5.74. The largest absolute Gasteiger partial charge is 0.465 e. The van der Waals surface area contributed by atoms with Crippen molar-refractivity contribution >= 4 is 23.5 Å². The summed E-state index contributed by atoms with van der Waals surface area (Å²) in [5.41, 5.74) is 1.37. The number of methoxy groups -OCH3 is 1. The van der Waals surface area contributed by atoms with Crippen molar-refractivity contribution in [3.63, 3.8) is 0 Å². The fraction of sp³-hybridized carbons (Fsp3) is 0.222. The molecule has 1 aliphatic carbocycles. The highest BCUT2D eigenvalue weighted by molar-refractivity contribution is 6.06. The lowest BCUT2D eigenvalue weighted by Gasteiger charge is -2.08. The van der Waals surface area contributed by atoms with Gasteiger partial charge in [-0.1, -0.05) is 6.07 Å². The Labute approximate surface area is 144 Å². The molecule has 0 unspecified atom stereocenters. The summed E-state index contributed by atoms with van der Waals surface area (Å²) >= 11 is 0. The van der Waals surface area contributed by atoms with E-state index in [0.29, 0.717) is 16.8 Å². The zero-order valence-electron chi connectivity index (χ0n) is 13.6. The smallest absolute Gasteiger partial charge is 0.337 e. The number of aromatic nitrogens is 1. The molecule has 0 aliphatic heterocycles. The number of nitrogens with one attached hydrogen (secondary N) is 2. The topological polar surface area (TPSA) is 97.4 Å². The van der Waals surface area contributed by atoms with Crippen molar-refractivity contribution in [3.05, 3.63) is 59.4 Å². The number of nitrogens with zero attached hydrogens (tertiary/aromatic N) is 1. The molecule has 7 nitrogen and oxygen atoms in total. The Morgan fingerprint density at radius 1 is 1.04 bits per heavy atom. The molecule has 0 radical (unpaired) electrons. The molecule has 1 heterocycles. The Bertz CT molecular complexity index is 831. The Hall–Kier alpha value is -3.22. The van der Waals surface area contributed by atoms with Crippen LogP contribution in [0, 0.1) is 0 Å². The number of hydrogen-bond acceptors (Lipinski definition) is 5. The van der Waals surface area contributed by atoms with Crippen molar-refractivity contribution in [2.75, 3.05) is 12.4 Å². The van der Waals surface area contributed by atoms with Gasteiger partial charge in [-0.2, -0.15) is 0 Å². The number of amides is 2. The highest BCUT2D eigenvalue weighted by Crippen LogP contribution is 2.19. The van der Waals surface area contributed by atoms with Gasteiger partial charge >= 0.3 is 5.97 Å². The average Bonchev–Trinajstić information content (AvgIpc) is 3.45. The van der Waals surface area contributed by atoms with Crippen molar-refractivity contribution in [1.82, 2.24) is 10.3 Å². The van der Waals surface area contributed by atoms with Crippen LogP contribution in [0.15, 0.2) is 42.7 Å². The van der Waals surface area contributed by atoms with E-state index in [4.69, 9.17) is 0 Å². The monoisotopic (exact) mass is 339 g/mol. The van der Waals surface area contributed by atoms with Crippen LogP contribution in [0.1, 0.15) is 43.9 Å². The molecule has 0 bridgehead atoms. The molecule has 3 rings (SSSR count). The molecule has 128 valence electrons. The minimum atomic E-state index is -0.489. The molecule has 1 aromatic heterocycles. The van der Waals surface area contributed by atoms with E-state index in [1.54, 1.807) is 18.2 Å². The van der Waals surface area contributed by atoms with Crippen molar-refractivity contribution in [2.24, 2.45) is 0 Å². The van der Waals surface area contributed by atoms with Crippen LogP contribution in [-0.2, 0) is 4.74 Å². The summed E-state index contributed by atoms with van der Waals surface area (Å²) in [6, 6.07) is 8.11. The number of anilines is 1. The standard InChI is InChI=1S/C18H17N3O4/c1-25-18(24)11-3-2-4-15(8-11)21-17(23)13-7-12(9-19-10-13)16(22)20-14-5-6-14/h2-4,7-10,14H,5-6H2,1H3,(H,20,22)(H,21,23). The summed E-state index contributed by atoms with van der Waals surface area (Å²) in [5, 5.41) is 5.53. The number of ether oxygens (including phenoxy) is 1. The van der Waals surface area contributed by atoms with E-state index in [9.17, 15) is 14.4 Å². The van der Waals surface area contributed by atoms with Crippen LogP contribution in [0.4, 0.5) is 5.69 Å². The summed E-state index contributed by atoms with van der Waals surface area (Å²) < 4.78 is 4.65. The molecular weight excluding hydrogens is 322 g/mol. The van der Waals surface area contributed by atoms with Gasteiger partial charge in [-0.05, 0) is 37.1 Å². The van der Waals surface area contributed by atoms with Gasteiger partial charge in [0.2, 0.25) is 0 Å². The Kier molecular flexibility index (Phi) is 4.74. The maximum atomic E-state index is 12.4. The van der Waals surface area contributed by atoms with E-state index >= 15 is 0 Å². The zero-order valence-corrected chi connectivity index (χ0v) is 13.6. The molecule has 2 amide bonds. The molecule has 1 saturated carbocycles. The zero-order chi connectivity index (χ0) is 17.8. The van der Waals surface area contributed by atoms with Gasteiger partial charge in [-0.25, -0.2) is 4.79 Å². The molecular formula is C18H17N3O4. The maximum Gasteiger partial charge on any atom is 0.337 e. The highest BCUT2D eigenvalue weighted by atomic mass is 16.5. The normalized spacial score (nSPS) is 13.0. The van der Waals surface area contributed by atoms with Crippen LogP contribution in [0.25, 0.3) is 0 Å². The first-order valence-electron chi connectivity index (χ1n) is 7.82. The number of rotatable bonds is 5. The van der Waals surface area contributed by atoms with Crippen LogP contribution in [0.5, 0.6) is 0 Å². The number of carbonyl (C=O) groups is 3. The second kappa shape index (κ2) is 7.12. The quantitative estimate of drug-likeness (QED) is 0.812. The van der Waals surface area contributed by atoms with Crippen LogP contribution in [0.2, 0.25) is 0 Å². The molecule has 1 aromatic carbocycles. The Morgan fingerprint density at radius 2 is 1.76 bits per heavy atom. The van der Waals surface area contributed by atoms with Crippen molar-refractivity contribution in [1.29, 1.82) is 0 Å². The fourth-order valence-electron chi connectivity index (χ4n) is 2.23. The maximum absolute atomic E-state index is 12.4. The van der Waals surface area contributed by atoms with Crippen LogP contribution in [-0.4, -0.2) is 35.9 Å². The van der Waals surface area contributed by atoms with Gasteiger partial charge in [-0.3, -0.25) is 14.6 Å². The highest BCUT2D eigenvalue weighted by Gasteiger charge is 2.24. The lowest BCUT2D eigenvalue weighted by molar-refractivity contribution is 0.0600. The number of esters is 1.